The van der Waals surface area contributed by atoms with Gasteiger partial charge >= 0.3 is 11.9 Å². The van der Waals surface area contributed by atoms with E-state index >= 15 is 0 Å². The second-order valence-corrected chi connectivity index (χ2v) is 6.41. The molecule has 3 rings (SSSR count). The van der Waals surface area contributed by atoms with Gasteiger partial charge in [-0.05, 0) is 30.1 Å². The Morgan fingerprint density at radius 3 is 2.39 bits per heavy atom. The molecule has 1 N–H and O–H groups in total. The Balaban J connectivity index is 1.90. The molecule has 0 radical (unpaired) electrons. The minimum absolute atomic E-state index is 0.0127. The predicted octanol–water partition coefficient (Wildman–Crippen LogP) is 2.47. The van der Waals surface area contributed by atoms with Crippen LogP contribution in [0.1, 0.15) is 46.5 Å². The second kappa shape index (κ2) is 4.56. The topological polar surface area (TPSA) is 63.6 Å². The first-order chi connectivity index (χ1) is 8.32. The summed E-state index contributed by atoms with van der Waals surface area (Å²) in [6.45, 7) is 6.72. The number of rotatable bonds is 4. The standard InChI is InChI=1S/C14H22O4/c1-8-6-11(10-7-9(8)14(10,2)3)18-13(17)5-4-12(15)16/h8-11H,4-7H2,1-3H3,(H,15,16)/t8?,9-,10+,11?/m0/s1. The highest BCUT2D eigenvalue weighted by atomic mass is 16.5. The summed E-state index contributed by atoms with van der Waals surface area (Å²) < 4.78 is 5.50. The molecule has 0 aromatic rings. The molecule has 0 saturated heterocycles. The van der Waals surface area contributed by atoms with E-state index in [1.54, 1.807) is 0 Å². The molecule has 0 heterocycles. The van der Waals surface area contributed by atoms with E-state index in [1.165, 1.54) is 0 Å². The van der Waals surface area contributed by atoms with Crippen molar-refractivity contribution in [3.05, 3.63) is 0 Å². The zero-order chi connectivity index (χ0) is 13.5. The molecule has 3 saturated carbocycles. The fraction of sp³-hybridized carbons (Fsp3) is 0.857. The summed E-state index contributed by atoms with van der Waals surface area (Å²) >= 11 is 0. The second-order valence-electron chi connectivity index (χ2n) is 6.41. The molecular weight excluding hydrogens is 232 g/mol. The van der Waals surface area contributed by atoms with Gasteiger partial charge in [-0.2, -0.15) is 0 Å². The zero-order valence-corrected chi connectivity index (χ0v) is 11.3. The van der Waals surface area contributed by atoms with Gasteiger partial charge < -0.3 is 9.84 Å². The molecule has 2 unspecified atom stereocenters. The van der Waals surface area contributed by atoms with Crippen LogP contribution in [0.5, 0.6) is 0 Å². The van der Waals surface area contributed by atoms with Gasteiger partial charge in [-0.25, -0.2) is 0 Å². The molecule has 0 aromatic carbocycles. The van der Waals surface area contributed by atoms with Gasteiger partial charge in [0.15, 0.2) is 0 Å². The van der Waals surface area contributed by atoms with Crippen LogP contribution in [-0.4, -0.2) is 23.1 Å². The Morgan fingerprint density at radius 2 is 1.89 bits per heavy atom. The number of esters is 1. The van der Waals surface area contributed by atoms with E-state index in [1.807, 2.05) is 0 Å². The lowest BCUT2D eigenvalue weighted by Gasteiger charge is -2.61. The van der Waals surface area contributed by atoms with Crippen LogP contribution in [0.15, 0.2) is 0 Å². The number of aliphatic carboxylic acids is 1. The average Bonchev–Trinajstić information content (AvgIpc) is 2.24. The summed E-state index contributed by atoms with van der Waals surface area (Å²) in [6.07, 6.45) is 1.90. The van der Waals surface area contributed by atoms with Crippen molar-refractivity contribution in [2.24, 2.45) is 23.2 Å². The number of ether oxygens (including phenoxy) is 1. The van der Waals surface area contributed by atoms with Crippen LogP contribution in [0.4, 0.5) is 0 Å². The van der Waals surface area contributed by atoms with Crippen molar-refractivity contribution < 1.29 is 19.4 Å². The molecule has 0 amide bonds. The zero-order valence-electron chi connectivity index (χ0n) is 11.3. The van der Waals surface area contributed by atoms with Gasteiger partial charge in [0.2, 0.25) is 0 Å². The van der Waals surface area contributed by atoms with Gasteiger partial charge in [0, 0.05) is 5.92 Å². The maximum atomic E-state index is 11.6. The van der Waals surface area contributed by atoms with Crippen LogP contribution in [0.2, 0.25) is 0 Å². The monoisotopic (exact) mass is 254 g/mol. The van der Waals surface area contributed by atoms with E-state index in [9.17, 15) is 9.59 Å². The molecule has 2 bridgehead atoms. The first-order valence-corrected chi connectivity index (χ1v) is 6.73. The van der Waals surface area contributed by atoms with E-state index in [4.69, 9.17) is 9.84 Å². The molecule has 4 atom stereocenters. The number of hydrogen-bond acceptors (Lipinski definition) is 3. The summed E-state index contributed by atoms with van der Waals surface area (Å²) in [4.78, 5) is 22.0. The summed E-state index contributed by atoms with van der Waals surface area (Å²) in [7, 11) is 0. The number of carboxylic acids is 1. The quantitative estimate of drug-likeness (QED) is 0.783. The van der Waals surface area contributed by atoms with Gasteiger partial charge in [-0.15, -0.1) is 0 Å². The van der Waals surface area contributed by atoms with E-state index < -0.39 is 5.97 Å². The third-order valence-corrected chi connectivity index (χ3v) is 4.98. The van der Waals surface area contributed by atoms with Crippen molar-refractivity contribution >= 4 is 11.9 Å². The highest BCUT2D eigenvalue weighted by Gasteiger charge is 2.58. The van der Waals surface area contributed by atoms with Crippen molar-refractivity contribution in [2.45, 2.75) is 52.6 Å². The lowest BCUT2D eigenvalue weighted by atomic mass is 9.45. The highest BCUT2D eigenvalue weighted by Crippen LogP contribution is 2.61. The van der Waals surface area contributed by atoms with Crippen LogP contribution in [-0.2, 0) is 14.3 Å². The number of carboxylic acid groups (broad SMARTS) is 1. The van der Waals surface area contributed by atoms with Crippen molar-refractivity contribution in [1.29, 1.82) is 0 Å². The molecule has 3 fully saturated rings. The molecular formula is C14H22O4. The normalized spacial score (nSPS) is 36.6. The summed E-state index contributed by atoms with van der Waals surface area (Å²) in [6, 6.07) is 0. The number of carbonyl (C=O) groups excluding carboxylic acids is 1. The molecule has 18 heavy (non-hydrogen) atoms. The minimum Gasteiger partial charge on any atom is -0.481 e. The molecule has 0 aliphatic heterocycles. The Bertz CT molecular complexity index is 361. The van der Waals surface area contributed by atoms with E-state index in [-0.39, 0.29) is 30.3 Å². The smallest absolute Gasteiger partial charge is 0.306 e. The maximum absolute atomic E-state index is 11.6. The van der Waals surface area contributed by atoms with E-state index in [0.717, 1.165) is 18.8 Å². The third kappa shape index (κ3) is 2.25. The van der Waals surface area contributed by atoms with Crippen molar-refractivity contribution in [3.8, 4) is 0 Å². The molecule has 0 spiro atoms. The summed E-state index contributed by atoms with van der Waals surface area (Å²) in [5.41, 5.74) is 0.259. The lowest BCUT2D eigenvalue weighted by molar-refractivity contribution is -0.195. The van der Waals surface area contributed by atoms with Crippen molar-refractivity contribution in [3.63, 3.8) is 0 Å². The molecule has 4 heteroatoms. The van der Waals surface area contributed by atoms with Crippen molar-refractivity contribution in [1.82, 2.24) is 0 Å². The highest BCUT2D eigenvalue weighted by molar-refractivity contribution is 5.76. The largest absolute Gasteiger partial charge is 0.481 e. The number of hydrogen-bond donors (Lipinski definition) is 1. The van der Waals surface area contributed by atoms with Crippen LogP contribution in [0.3, 0.4) is 0 Å². The Hall–Kier alpha value is -1.06. The number of fused-ring (bicyclic) bond motifs is 2. The van der Waals surface area contributed by atoms with Gasteiger partial charge in [0.05, 0.1) is 12.8 Å². The first kappa shape index (κ1) is 13.4. The SMILES string of the molecule is CC1CC(OC(=O)CCC(=O)O)[C@H]2C[C@@H]1C2(C)C. The lowest BCUT2D eigenvalue weighted by Crippen LogP contribution is -2.59. The average molecular weight is 254 g/mol. The molecule has 0 aromatic heterocycles. The van der Waals surface area contributed by atoms with E-state index in [2.05, 4.69) is 20.8 Å². The predicted molar refractivity (Wildman–Crippen MR) is 65.9 cm³/mol. The fourth-order valence-electron chi connectivity index (χ4n) is 3.85. The maximum Gasteiger partial charge on any atom is 0.306 e. The van der Waals surface area contributed by atoms with Crippen LogP contribution >= 0.6 is 0 Å². The summed E-state index contributed by atoms with van der Waals surface area (Å²) in [5, 5.41) is 8.55. The first-order valence-electron chi connectivity index (χ1n) is 6.73. The van der Waals surface area contributed by atoms with E-state index in [0.29, 0.717) is 11.8 Å². The van der Waals surface area contributed by atoms with Gasteiger partial charge in [-0.3, -0.25) is 9.59 Å². The molecule has 102 valence electrons. The van der Waals surface area contributed by atoms with Crippen LogP contribution in [0, 0.1) is 23.2 Å². The molecule has 3 aliphatic carbocycles. The number of carbonyl (C=O) groups is 2. The van der Waals surface area contributed by atoms with Gasteiger partial charge in [0.1, 0.15) is 6.10 Å². The third-order valence-electron chi connectivity index (χ3n) is 4.98. The fourth-order valence-corrected chi connectivity index (χ4v) is 3.85. The van der Waals surface area contributed by atoms with Gasteiger partial charge in [0.25, 0.3) is 0 Å². The summed E-state index contributed by atoms with van der Waals surface area (Å²) in [5.74, 6) is 0.468. The Morgan fingerprint density at radius 1 is 1.22 bits per heavy atom. The Labute approximate surface area is 108 Å². The van der Waals surface area contributed by atoms with Crippen LogP contribution in [0.25, 0.3) is 0 Å². The Kier molecular flexibility index (Phi) is 3.39. The molecule has 3 aliphatic rings. The van der Waals surface area contributed by atoms with Crippen LogP contribution < -0.4 is 0 Å². The molecule has 4 nitrogen and oxygen atoms in total. The van der Waals surface area contributed by atoms with Crippen molar-refractivity contribution in [2.75, 3.05) is 0 Å². The van der Waals surface area contributed by atoms with Gasteiger partial charge in [-0.1, -0.05) is 20.8 Å². The minimum atomic E-state index is -0.951.